The number of fused-ring (bicyclic) bond motifs is 1. The molecule has 0 bridgehead atoms. The first kappa shape index (κ1) is 11.7. The number of aryl methyl sites for hydroxylation is 1. The predicted octanol–water partition coefficient (Wildman–Crippen LogP) is 3.66. The second-order valence-electron chi connectivity index (χ2n) is 3.40. The van der Waals surface area contributed by atoms with E-state index in [9.17, 15) is 0 Å². The maximum absolute atomic E-state index is 4.25. The number of methoxy groups -OCH3 is 1. The minimum absolute atomic E-state index is 1.11. The van der Waals surface area contributed by atoms with E-state index in [0.29, 0.717) is 0 Å². The molecule has 0 amide bonds. The van der Waals surface area contributed by atoms with Gasteiger partial charge in [0.15, 0.2) is 0 Å². The molecule has 0 aromatic heterocycles. The van der Waals surface area contributed by atoms with E-state index in [1.54, 1.807) is 14.2 Å². The Morgan fingerprint density at radius 1 is 0.933 bits per heavy atom. The van der Waals surface area contributed by atoms with E-state index >= 15 is 0 Å². The van der Waals surface area contributed by atoms with E-state index in [2.05, 4.69) is 54.1 Å². The summed E-state index contributed by atoms with van der Waals surface area (Å²) >= 11 is 0. The van der Waals surface area contributed by atoms with Crippen LogP contribution in [-0.2, 0) is 11.2 Å². The van der Waals surface area contributed by atoms with E-state index in [1.807, 2.05) is 0 Å². The number of rotatable bonds is 1. The molecule has 0 saturated carbocycles. The molecule has 0 heterocycles. The molecule has 0 spiro atoms. The lowest BCUT2D eigenvalue weighted by atomic mass is 10.0. The second-order valence-corrected chi connectivity index (χ2v) is 3.40. The Bertz CT molecular complexity index is 402. The highest BCUT2D eigenvalue weighted by atomic mass is 16.4. The van der Waals surface area contributed by atoms with Crippen LogP contribution in [0, 0.1) is 0 Å². The van der Waals surface area contributed by atoms with Gasteiger partial charge in [0.25, 0.3) is 0 Å². The van der Waals surface area contributed by atoms with E-state index in [-0.39, 0.29) is 0 Å². The lowest BCUT2D eigenvalue weighted by molar-refractivity contribution is 0.277. The molecular weight excluding hydrogens is 184 g/mol. The summed E-state index contributed by atoms with van der Waals surface area (Å²) in [6, 6.07) is 15.0. The first-order chi connectivity index (χ1) is 7.33. The minimum Gasteiger partial charge on any atom is -0.388 e. The van der Waals surface area contributed by atoms with Crippen LogP contribution in [0.2, 0.25) is 0 Å². The van der Waals surface area contributed by atoms with Crippen molar-refractivity contribution in [3.05, 3.63) is 48.0 Å². The predicted molar refractivity (Wildman–Crippen MR) is 66.3 cm³/mol. The Balaban J connectivity index is 0.000000337. The Labute approximate surface area is 91.7 Å². The van der Waals surface area contributed by atoms with Gasteiger partial charge in [0.2, 0.25) is 0 Å². The van der Waals surface area contributed by atoms with Crippen molar-refractivity contribution in [3.8, 4) is 0 Å². The molecule has 0 aliphatic carbocycles. The Morgan fingerprint density at radius 2 is 1.53 bits per heavy atom. The Kier molecular flexibility index (Phi) is 4.85. The quantitative estimate of drug-likeness (QED) is 0.685. The number of hydrogen-bond acceptors (Lipinski definition) is 1. The molecule has 0 atom stereocenters. The van der Waals surface area contributed by atoms with Crippen LogP contribution in [0.3, 0.4) is 0 Å². The Morgan fingerprint density at radius 3 is 2.20 bits per heavy atom. The molecule has 0 N–H and O–H groups in total. The van der Waals surface area contributed by atoms with E-state index in [4.69, 9.17) is 0 Å². The van der Waals surface area contributed by atoms with Crippen LogP contribution in [0.5, 0.6) is 0 Å². The van der Waals surface area contributed by atoms with Gasteiger partial charge in [-0.2, -0.15) is 0 Å². The van der Waals surface area contributed by atoms with E-state index in [0.717, 1.165) is 6.42 Å². The van der Waals surface area contributed by atoms with Crippen LogP contribution in [-0.4, -0.2) is 14.2 Å². The van der Waals surface area contributed by atoms with Gasteiger partial charge in [-0.3, -0.25) is 0 Å². The van der Waals surface area contributed by atoms with Crippen molar-refractivity contribution >= 4 is 10.8 Å². The van der Waals surface area contributed by atoms with Crippen LogP contribution in [0.4, 0.5) is 0 Å². The zero-order valence-electron chi connectivity index (χ0n) is 9.66. The summed E-state index contributed by atoms with van der Waals surface area (Å²) in [4.78, 5) is 0. The summed E-state index contributed by atoms with van der Waals surface area (Å²) in [5.74, 6) is 0. The van der Waals surface area contributed by atoms with Crippen molar-refractivity contribution in [1.29, 1.82) is 0 Å². The standard InChI is InChI=1S/C12H12.C2H6O/c1-2-10-7-5-8-11-6-3-4-9-12(10)11;1-3-2/h3-9H,2H2,1H3;1-2H3. The summed E-state index contributed by atoms with van der Waals surface area (Å²) in [5.41, 5.74) is 1.44. The smallest absolute Gasteiger partial charge is 0.0351 e. The SMILES string of the molecule is CCc1cccc2ccccc12.COC. The molecule has 0 radical (unpaired) electrons. The van der Waals surface area contributed by atoms with Gasteiger partial charge in [0, 0.05) is 14.2 Å². The minimum atomic E-state index is 1.11. The summed E-state index contributed by atoms with van der Waals surface area (Å²) in [6.07, 6.45) is 1.11. The molecule has 2 rings (SSSR count). The maximum atomic E-state index is 4.25. The molecule has 1 heteroatoms. The molecule has 0 fully saturated rings. The Hall–Kier alpha value is -1.34. The molecule has 2 aromatic carbocycles. The molecule has 2 aromatic rings. The molecule has 0 aliphatic heterocycles. The van der Waals surface area contributed by atoms with Crippen molar-refractivity contribution in [2.75, 3.05) is 14.2 Å². The first-order valence-corrected chi connectivity index (χ1v) is 5.20. The van der Waals surface area contributed by atoms with Gasteiger partial charge in [-0.15, -0.1) is 0 Å². The summed E-state index contributed by atoms with van der Waals surface area (Å²) in [7, 11) is 3.25. The molecule has 0 aliphatic rings. The monoisotopic (exact) mass is 202 g/mol. The third-order valence-electron chi connectivity index (χ3n) is 2.26. The highest BCUT2D eigenvalue weighted by molar-refractivity contribution is 5.85. The normalized spacial score (nSPS) is 9.53. The van der Waals surface area contributed by atoms with Gasteiger partial charge in [0.1, 0.15) is 0 Å². The highest BCUT2D eigenvalue weighted by Gasteiger charge is 1.95. The maximum Gasteiger partial charge on any atom is 0.0351 e. The van der Waals surface area contributed by atoms with Crippen molar-refractivity contribution in [2.24, 2.45) is 0 Å². The number of hydrogen-bond donors (Lipinski definition) is 0. The first-order valence-electron chi connectivity index (χ1n) is 5.20. The van der Waals surface area contributed by atoms with Crippen LogP contribution in [0.1, 0.15) is 12.5 Å². The van der Waals surface area contributed by atoms with Gasteiger partial charge >= 0.3 is 0 Å². The lowest BCUT2D eigenvalue weighted by Gasteiger charge is -2.02. The third kappa shape index (κ3) is 3.07. The van der Waals surface area contributed by atoms with Crippen LogP contribution >= 0.6 is 0 Å². The van der Waals surface area contributed by atoms with Crippen LogP contribution < -0.4 is 0 Å². The van der Waals surface area contributed by atoms with Crippen LogP contribution in [0.25, 0.3) is 10.8 Å². The van der Waals surface area contributed by atoms with Crippen molar-refractivity contribution in [3.63, 3.8) is 0 Å². The second kappa shape index (κ2) is 6.20. The van der Waals surface area contributed by atoms with Crippen molar-refractivity contribution < 1.29 is 4.74 Å². The van der Waals surface area contributed by atoms with E-state index < -0.39 is 0 Å². The third-order valence-corrected chi connectivity index (χ3v) is 2.26. The molecule has 0 saturated heterocycles. The fourth-order valence-corrected chi connectivity index (χ4v) is 1.60. The van der Waals surface area contributed by atoms with Crippen molar-refractivity contribution in [1.82, 2.24) is 0 Å². The van der Waals surface area contributed by atoms with Gasteiger partial charge in [0.05, 0.1) is 0 Å². The average Bonchev–Trinajstić information content (AvgIpc) is 2.29. The van der Waals surface area contributed by atoms with Gasteiger partial charge in [-0.1, -0.05) is 49.4 Å². The largest absolute Gasteiger partial charge is 0.388 e. The zero-order valence-corrected chi connectivity index (χ0v) is 9.66. The summed E-state index contributed by atoms with van der Waals surface area (Å²) in [5, 5.41) is 2.74. The average molecular weight is 202 g/mol. The van der Waals surface area contributed by atoms with E-state index in [1.165, 1.54) is 16.3 Å². The summed E-state index contributed by atoms with van der Waals surface area (Å²) < 4.78 is 4.25. The molecule has 15 heavy (non-hydrogen) atoms. The van der Waals surface area contributed by atoms with Gasteiger partial charge < -0.3 is 4.74 Å². The topological polar surface area (TPSA) is 9.23 Å². The highest BCUT2D eigenvalue weighted by Crippen LogP contribution is 2.18. The molecule has 1 nitrogen and oxygen atoms in total. The van der Waals surface area contributed by atoms with Gasteiger partial charge in [-0.25, -0.2) is 0 Å². The summed E-state index contributed by atoms with van der Waals surface area (Å²) in [6.45, 7) is 2.20. The molecule has 0 unspecified atom stereocenters. The van der Waals surface area contributed by atoms with Gasteiger partial charge in [-0.05, 0) is 22.8 Å². The lowest BCUT2D eigenvalue weighted by Crippen LogP contribution is -1.81. The number of benzene rings is 2. The van der Waals surface area contributed by atoms with Crippen LogP contribution in [0.15, 0.2) is 42.5 Å². The number of ether oxygens (including phenoxy) is 1. The molecular formula is C14H18O. The van der Waals surface area contributed by atoms with Crippen molar-refractivity contribution in [2.45, 2.75) is 13.3 Å². The fraction of sp³-hybridized carbons (Fsp3) is 0.286. The zero-order chi connectivity index (χ0) is 11.1. The fourth-order valence-electron chi connectivity index (χ4n) is 1.60. The molecule has 80 valence electrons.